The first-order valence-electron chi connectivity index (χ1n) is 3.54. The summed E-state index contributed by atoms with van der Waals surface area (Å²) >= 11 is 0. The Balaban J connectivity index is 2.83. The molecule has 0 atom stereocenters. The predicted octanol–water partition coefficient (Wildman–Crippen LogP) is 0.182. The number of carbonyl (C=O) groups is 1. The number of Topliss-reactive ketones (excluding diaryl/α,β-unsaturated/α-hetero) is 1. The van der Waals surface area contributed by atoms with Crippen molar-refractivity contribution in [3.8, 4) is 0 Å². The third-order valence-corrected chi connectivity index (χ3v) is 1.95. The summed E-state index contributed by atoms with van der Waals surface area (Å²) in [7, 11) is -3.66. The van der Waals surface area contributed by atoms with E-state index < -0.39 is 21.5 Å². The van der Waals surface area contributed by atoms with Crippen LogP contribution in [0.5, 0.6) is 0 Å². The van der Waals surface area contributed by atoms with E-state index in [0.717, 1.165) is 12.5 Å². The van der Waals surface area contributed by atoms with Crippen LogP contribution in [0.3, 0.4) is 0 Å². The number of hydrogen-bond acceptors (Lipinski definition) is 5. The zero-order chi connectivity index (χ0) is 10.3. The summed E-state index contributed by atoms with van der Waals surface area (Å²) in [4.78, 5) is 11.3. The fraction of sp³-hybridized carbons (Fsp3) is 0.571. The van der Waals surface area contributed by atoms with Gasteiger partial charge in [0.2, 0.25) is 11.5 Å². The first-order valence-corrected chi connectivity index (χ1v) is 5.36. The van der Waals surface area contributed by atoms with Gasteiger partial charge in [0.1, 0.15) is 6.26 Å². The zero-order valence-electron chi connectivity index (χ0n) is 7.53. The van der Waals surface area contributed by atoms with Gasteiger partial charge in [0.05, 0.1) is 6.26 Å². The second-order valence-corrected chi connectivity index (χ2v) is 4.80. The summed E-state index contributed by atoms with van der Waals surface area (Å²) in [5.41, 5.74) is -1.03. The van der Waals surface area contributed by atoms with Gasteiger partial charge in [0, 0.05) is 0 Å². The molecule has 0 saturated carbocycles. The van der Waals surface area contributed by atoms with Crippen molar-refractivity contribution < 1.29 is 22.1 Å². The molecular formula is C7H10O5S. The second kappa shape index (κ2) is 2.73. The second-order valence-electron chi connectivity index (χ2n) is 3.23. The SMILES string of the molecule is CC1(C)OC=C(OS(C)(=O)=O)C1=O. The molecule has 0 fully saturated rings. The van der Waals surface area contributed by atoms with Crippen LogP contribution in [0, 0.1) is 0 Å². The molecule has 1 aliphatic rings. The average molecular weight is 206 g/mol. The predicted molar refractivity (Wildman–Crippen MR) is 44.2 cm³/mol. The maximum Gasteiger partial charge on any atom is 0.306 e. The van der Waals surface area contributed by atoms with Gasteiger partial charge in [0.25, 0.3) is 0 Å². The van der Waals surface area contributed by atoms with Gasteiger partial charge in [-0.1, -0.05) is 0 Å². The van der Waals surface area contributed by atoms with Crippen molar-refractivity contribution in [2.75, 3.05) is 6.26 Å². The van der Waals surface area contributed by atoms with Gasteiger partial charge in [-0.25, -0.2) is 0 Å². The van der Waals surface area contributed by atoms with E-state index in [0.29, 0.717) is 0 Å². The highest BCUT2D eigenvalue weighted by Crippen LogP contribution is 2.25. The van der Waals surface area contributed by atoms with E-state index in [1.807, 2.05) is 0 Å². The normalized spacial score (nSPS) is 20.8. The summed E-state index contributed by atoms with van der Waals surface area (Å²) in [6.07, 6.45) is 1.88. The molecule has 13 heavy (non-hydrogen) atoms. The largest absolute Gasteiger partial charge is 0.483 e. The number of hydrogen-bond donors (Lipinski definition) is 0. The van der Waals surface area contributed by atoms with E-state index in [4.69, 9.17) is 4.74 Å². The van der Waals surface area contributed by atoms with E-state index in [1.165, 1.54) is 13.8 Å². The molecule has 0 aromatic rings. The Morgan fingerprint density at radius 2 is 2.00 bits per heavy atom. The molecule has 0 bridgehead atoms. The van der Waals surface area contributed by atoms with E-state index in [2.05, 4.69) is 4.18 Å². The van der Waals surface area contributed by atoms with Crippen molar-refractivity contribution in [3.05, 3.63) is 12.0 Å². The van der Waals surface area contributed by atoms with Crippen LogP contribution in [0.25, 0.3) is 0 Å². The van der Waals surface area contributed by atoms with Gasteiger partial charge in [-0.15, -0.1) is 0 Å². The van der Waals surface area contributed by atoms with Crippen LogP contribution < -0.4 is 0 Å². The Kier molecular flexibility index (Phi) is 2.11. The van der Waals surface area contributed by atoms with E-state index in [1.54, 1.807) is 0 Å². The van der Waals surface area contributed by atoms with Crippen LogP contribution >= 0.6 is 0 Å². The summed E-state index contributed by atoms with van der Waals surface area (Å²) in [5.74, 6) is -0.745. The van der Waals surface area contributed by atoms with Gasteiger partial charge in [-0.3, -0.25) is 4.79 Å². The number of carbonyl (C=O) groups excluding carboxylic acids is 1. The molecule has 0 aromatic carbocycles. The smallest absolute Gasteiger partial charge is 0.306 e. The molecule has 1 aliphatic heterocycles. The maximum absolute atomic E-state index is 11.3. The van der Waals surface area contributed by atoms with Crippen molar-refractivity contribution in [3.63, 3.8) is 0 Å². The average Bonchev–Trinajstić information content (AvgIpc) is 2.13. The first-order chi connectivity index (χ1) is 5.72. The van der Waals surface area contributed by atoms with Crippen LogP contribution in [0.1, 0.15) is 13.8 Å². The molecule has 0 aliphatic carbocycles. The standard InChI is InChI=1S/C7H10O5S/c1-7(2)6(8)5(4-11-7)12-13(3,9)10/h4H,1-3H3. The monoisotopic (exact) mass is 206 g/mol. The van der Waals surface area contributed by atoms with Gasteiger partial charge in [-0.05, 0) is 13.8 Å². The Labute approximate surface area is 76.5 Å². The van der Waals surface area contributed by atoms with Crippen LogP contribution in [-0.2, 0) is 23.8 Å². The molecule has 0 spiro atoms. The third kappa shape index (κ3) is 2.21. The lowest BCUT2D eigenvalue weighted by Crippen LogP contribution is -2.30. The Hall–Kier alpha value is -1.04. The van der Waals surface area contributed by atoms with Crippen molar-refractivity contribution in [2.24, 2.45) is 0 Å². The minimum Gasteiger partial charge on any atom is -0.483 e. The van der Waals surface area contributed by atoms with E-state index in [-0.39, 0.29) is 5.76 Å². The van der Waals surface area contributed by atoms with Crippen LogP contribution in [0.15, 0.2) is 12.0 Å². The minimum absolute atomic E-state index is 0.271. The van der Waals surface area contributed by atoms with Crippen molar-refractivity contribution in [2.45, 2.75) is 19.4 Å². The lowest BCUT2D eigenvalue weighted by molar-refractivity contribution is -0.128. The van der Waals surface area contributed by atoms with Gasteiger partial charge in [0.15, 0.2) is 5.60 Å². The molecular weight excluding hydrogens is 196 g/mol. The fourth-order valence-corrected chi connectivity index (χ4v) is 1.27. The minimum atomic E-state index is -3.66. The molecule has 0 aromatic heterocycles. The van der Waals surface area contributed by atoms with Crippen LogP contribution in [0.4, 0.5) is 0 Å². The van der Waals surface area contributed by atoms with Crippen molar-refractivity contribution in [1.82, 2.24) is 0 Å². The number of ether oxygens (including phenoxy) is 1. The van der Waals surface area contributed by atoms with Crippen molar-refractivity contribution >= 4 is 15.9 Å². The van der Waals surface area contributed by atoms with Crippen molar-refractivity contribution in [1.29, 1.82) is 0 Å². The van der Waals surface area contributed by atoms with Gasteiger partial charge < -0.3 is 8.92 Å². The third-order valence-electron chi connectivity index (χ3n) is 1.47. The molecule has 5 nitrogen and oxygen atoms in total. The number of ketones is 1. The lowest BCUT2D eigenvalue weighted by atomic mass is 10.1. The molecule has 74 valence electrons. The molecule has 1 rings (SSSR count). The fourth-order valence-electron chi connectivity index (χ4n) is 0.825. The van der Waals surface area contributed by atoms with Gasteiger partial charge in [-0.2, -0.15) is 8.42 Å². The quantitative estimate of drug-likeness (QED) is 0.603. The van der Waals surface area contributed by atoms with Gasteiger partial charge >= 0.3 is 10.1 Å². The van der Waals surface area contributed by atoms with Crippen LogP contribution in [-0.4, -0.2) is 26.1 Å². The molecule has 6 heteroatoms. The molecule has 0 radical (unpaired) electrons. The molecule has 0 saturated heterocycles. The highest BCUT2D eigenvalue weighted by atomic mass is 32.2. The summed E-state index contributed by atoms with van der Waals surface area (Å²) in [6, 6.07) is 0. The highest BCUT2D eigenvalue weighted by Gasteiger charge is 2.39. The zero-order valence-corrected chi connectivity index (χ0v) is 8.34. The Morgan fingerprint density at radius 3 is 2.31 bits per heavy atom. The number of rotatable bonds is 2. The molecule has 0 N–H and O–H groups in total. The highest BCUT2D eigenvalue weighted by molar-refractivity contribution is 7.86. The molecule has 1 heterocycles. The first kappa shape index (κ1) is 10.0. The Morgan fingerprint density at radius 1 is 1.46 bits per heavy atom. The summed E-state index contributed by atoms with van der Waals surface area (Å²) in [5, 5.41) is 0. The summed E-state index contributed by atoms with van der Waals surface area (Å²) in [6.45, 7) is 3.06. The van der Waals surface area contributed by atoms with E-state index in [9.17, 15) is 13.2 Å². The Bertz CT molecular complexity index is 362. The topological polar surface area (TPSA) is 69.7 Å². The lowest BCUT2D eigenvalue weighted by Gasteiger charge is -2.14. The van der Waals surface area contributed by atoms with Crippen LogP contribution in [0.2, 0.25) is 0 Å². The molecule has 0 unspecified atom stereocenters. The maximum atomic E-state index is 11.3. The summed E-state index contributed by atoms with van der Waals surface area (Å²) < 4.78 is 30.7. The molecule has 0 amide bonds. The van der Waals surface area contributed by atoms with E-state index >= 15 is 0 Å².